The predicted molar refractivity (Wildman–Crippen MR) is 63.3 cm³/mol. The van der Waals surface area contributed by atoms with Gasteiger partial charge < -0.3 is 5.73 Å². The molecule has 1 aliphatic rings. The van der Waals surface area contributed by atoms with E-state index in [1.165, 1.54) is 11.3 Å². The highest BCUT2D eigenvalue weighted by molar-refractivity contribution is 7.12. The summed E-state index contributed by atoms with van der Waals surface area (Å²) in [5.41, 5.74) is 5.36. The minimum absolute atomic E-state index is 0.0958. The van der Waals surface area contributed by atoms with Gasteiger partial charge in [0.2, 0.25) is 5.91 Å². The van der Waals surface area contributed by atoms with Crippen LogP contribution in [0.5, 0.6) is 0 Å². The molecule has 16 heavy (non-hydrogen) atoms. The van der Waals surface area contributed by atoms with E-state index in [-0.39, 0.29) is 23.5 Å². The third-order valence-electron chi connectivity index (χ3n) is 3.23. The van der Waals surface area contributed by atoms with Crippen molar-refractivity contribution in [2.45, 2.75) is 25.7 Å². The molecule has 1 heterocycles. The van der Waals surface area contributed by atoms with E-state index in [0.29, 0.717) is 0 Å². The molecular weight excluding hydrogens is 222 g/mol. The van der Waals surface area contributed by atoms with Crippen LogP contribution in [0.15, 0.2) is 17.5 Å². The van der Waals surface area contributed by atoms with Crippen molar-refractivity contribution in [1.29, 1.82) is 0 Å². The molecule has 0 radical (unpaired) electrons. The topological polar surface area (TPSA) is 60.2 Å². The number of carbonyl (C=O) groups is 2. The largest absolute Gasteiger partial charge is 0.369 e. The van der Waals surface area contributed by atoms with Crippen molar-refractivity contribution in [1.82, 2.24) is 0 Å². The second-order valence-corrected chi connectivity index (χ2v) is 5.19. The fraction of sp³-hybridized carbons (Fsp3) is 0.500. The molecule has 4 heteroatoms. The van der Waals surface area contributed by atoms with Gasteiger partial charge in [-0.2, -0.15) is 0 Å². The highest BCUT2D eigenvalue weighted by Crippen LogP contribution is 2.33. The average molecular weight is 237 g/mol. The van der Waals surface area contributed by atoms with Gasteiger partial charge in [0.25, 0.3) is 0 Å². The zero-order valence-corrected chi connectivity index (χ0v) is 9.83. The third kappa shape index (κ3) is 2.16. The van der Waals surface area contributed by atoms with Crippen LogP contribution in [0.3, 0.4) is 0 Å². The predicted octanol–water partition coefficient (Wildman–Crippen LogP) is 2.22. The van der Waals surface area contributed by atoms with Crippen molar-refractivity contribution in [2.24, 2.45) is 17.6 Å². The molecule has 1 aliphatic carbocycles. The molecule has 1 saturated carbocycles. The van der Waals surface area contributed by atoms with Gasteiger partial charge in [-0.3, -0.25) is 9.59 Å². The van der Waals surface area contributed by atoms with E-state index < -0.39 is 0 Å². The summed E-state index contributed by atoms with van der Waals surface area (Å²) in [6.07, 6.45) is 3.58. The van der Waals surface area contributed by atoms with Crippen LogP contribution in [0.2, 0.25) is 0 Å². The molecule has 86 valence electrons. The lowest BCUT2D eigenvalue weighted by Gasteiger charge is -2.27. The van der Waals surface area contributed by atoms with Gasteiger partial charge in [-0.15, -0.1) is 11.3 Å². The Labute approximate surface area is 98.6 Å². The Morgan fingerprint density at radius 2 is 1.94 bits per heavy atom. The smallest absolute Gasteiger partial charge is 0.221 e. The van der Waals surface area contributed by atoms with Crippen LogP contribution in [-0.2, 0) is 4.79 Å². The lowest BCUT2D eigenvalue weighted by molar-refractivity contribution is -0.123. The summed E-state index contributed by atoms with van der Waals surface area (Å²) in [4.78, 5) is 24.2. The molecule has 1 aromatic heterocycles. The summed E-state index contributed by atoms with van der Waals surface area (Å²) in [6.45, 7) is 0. The summed E-state index contributed by atoms with van der Waals surface area (Å²) in [7, 11) is 0. The minimum atomic E-state index is -0.324. The quantitative estimate of drug-likeness (QED) is 0.819. The van der Waals surface area contributed by atoms with Crippen molar-refractivity contribution >= 4 is 23.0 Å². The molecule has 2 rings (SSSR count). The maximum Gasteiger partial charge on any atom is 0.221 e. The second-order valence-electron chi connectivity index (χ2n) is 4.24. The highest BCUT2D eigenvalue weighted by Gasteiger charge is 2.35. The monoisotopic (exact) mass is 237 g/mol. The first-order valence-electron chi connectivity index (χ1n) is 5.57. The maximum absolute atomic E-state index is 12.2. The van der Waals surface area contributed by atoms with E-state index in [9.17, 15) is 9.59 Å². The Hall–Kier alpha value is -1.16. The zero-order valence-electron chi connectivity index (χ0n) is 9.02. The Morgan fingerprint density at radius 1 is 1.25 bits per heavy atom. The van der Waals surface area contributed by atoms with E-state index in [1.807, 2.05) is 17.5 Å². The molecule has 0 spiro atoms. The molecular formula is C12H15NO2S. The number of nitrogens with two attached hydrogens (primary N) is 1. The van der Waals surface area contributed by atoms with E-state index in [1.54, 1.807) is 0 Å². The summed E-state index contributed by atoms with van der Waals surface area (Å²) in [6, 6.07) is 3.68. The molecule has 1 aromatic rings. The molecule has 3 nitrogen and oxygen atoms in total. The molecule has 2 atom stereocenters. The summed E-state index contributed by atoms with van der Waals surface area (Å²) < 4.78 is 0. The van der Waals surface area contributed by atoms with E-state index in [0.717, 1.165) is 30.6 Å². The number of ketones is 1. The van der Waals surface area contributed by atoms with Gasteiger partial charge in [-0.25, -0.2) is 0 Å². The van der Waals surface area contributed by atoms with Crippen LogP contribution in [0.1, 0.15) is 35.4 Å². The van der Waals surface area contributed by atoms with Crippen molar-refractivity contribution in [3.63, 3.8) is 0 Å². The molecule has 2 N–H and O–H groups in total. The van der Waals surface area contributed by atoms with E-state index in [2.05, 4.69) is 0 Å². The molecule has 0 saturated heterocycles. The number of thiophene rings is 1. The molecule has 0 bridgehead atoms. The fourth-order valence-electron chi connectivity index (χ4n) is 2.39. The van der Waals surface area contributed by atoms with E-state index >= 15 is 0 Å². The Bertz CT molecular complexity index is 386. The highest BCUT2D eigenvalue weighted by atomic mass is 32.1. The van der Waals surface area contributed by atoms with Crippen molar-refractivity contribution < 1.29 is 9.59 Å². The van der Waals surface area contributed by atoms with Gasteiger partial charge >= 0.3 is 0 Å². The van der Waals surface area contributed by atoms with Crippen LogP contribution in [-0.4, -0.2) is 11.7 Å². The number of hydrogen-bond acceptors (Lipinski definition) is 3. The molecule has 0 unspecified atom stereocenters. The van der Waals surface area contributed by atoms with Gasteiger partial charge in [0.15, 0.2) is 5.78 Å². The number of carbonyl (C=O) groups excluding carboxylic acids is 2. The minimum Gasteiger partial charge on any atom is -0.369 e. The molecule has 0 aromatic carbocycles. The van der Waals surface area contributed by atoms with Crippen molar-refractivity contribution in [3.8, 4) is 0 Å². The Kier molecular flexibility index (Phi) is 3.39. The third-order valence-corrected chi connectivity index (χ3v) is 4.12. The van der Waals surface area contributed by atoms with E-state index in [4.69, 9.17) is 5.73 Å². The molecule has 1 amide bonds. The number of rotatable bonds is 3. The molecule has 1 fully saturated rings. The van der Waals surface area contributed by atoms with Gasteiger partial charge in [0.1, 0.15) is 0 Å². The van der Waals surface area contributed by atoms with Crippen LogP contribution in [0, 0.1) is 11.8 Å². The average Bonchev–Trinajstić information content (AvgIpc) is 2.81. The van der Waals surface area contributed by atoms with Crippen LogP contribution >= 0.6 is 11.3 Å². The normalized spacial score (nSPS) is 25.2. The lowest BCUT2D eigenvalue weighted by Crippen LogP contribution is -2.36. The van der Waals surface area contributed by atoms with Gasteiger partial charge in [0.05, 0.1) is 4.88 Å². The summed E-state index contributed by atoms with van der Waals surface area (Å²) in [5, 5.41) is 1.88. The van der Waals surface area contributed by atoms with Gasteiger partial charge in [0, 0.05) is 11.8 Å². The maximum atomic E-state index is 12.2. The number of primary amides is 1. The summed E-state index contributed by atoms with van der Waals surface area (Å²) >= 11 is 1.44. The molecule has 0 aliphatic heterocycles. The first kappa shape index (κ1) is 11.3. The lowest BCUT2D eigenvalue weighted by atomic mass is 9.76. The van der Waals surface area contributed by atoms with Crippen molar-refractivity contribution in [2.75, 3.05) is 0 Å². The first-order chi connectivity index (χ1) is 7.70. The van der Waals surface area contributed by atoms with Crippen LogP contribution < -0.4 is 5.73 Å². The number of Topliss-reactive ketones (excluding diaryl/α,β-unsaturated/α-hetero) is 1. The zero-order chi connectivity index (χ0) is 11.5. The summed E-state index contributed by atoms with van der Waals surface area (Å²) in [5.74, 6) is -0.679. The SMILES string of the molecule is NC(=O)[C@H]1CCCC[C@H]1C(=O)c1cccs1. The van der Waals surface area contributed by atoms with Gasteiger partial charge in [-0.1, -0.05) is 18.9 Å². The Morgan fingerprint density at radius 3 is 2.50 bits per heavy atom. The fourth-order valence-corrected chi connectivity index (χ4v) is 3.12. The first-order valence-corrected chi connectivity index (χ1v) is 6.45. The van der Waals surface area contributed by atoms with Crippen LogP contribution in [0.25, 0.3) is 0 Å². The standard InChI is InChI=1S/C12H15NO2S/c13-12(15)9-5-2-1-4-8(9)11(14)10-6-3-7-16-10/h3,6-9H,1-2,4-5H2,(H2,13,15)/t8-,9+/m1/s1. The number of amides is 1. The van der Waals surface area contributed by atoms with Gasteiger partial charge in [-0.05, 0) is 24.3 Å². The second kappa shape index (κ2) is 4.78. The van der Waals surface area contributed by atoms with Crippen LogP contribution in [0.4, 0.5) is 0 Å². The van der Waals surface area contributed by atoms with Crippen molar-refractivity contribution in [3.05, 3.63) is 22.4 Å². The number of hydrogen-bond donors (Lipinski definition) is 1. The Balaban J connectivity index is 2.17.